The molecule has 4 unspecified atom stereocenters. The number of allylic oxidation sites excluding steroid dienone is 2. The van der Waals surface area contributed by atoms with Gasteiger partial charge in [0.05, 0.1) is 5.70 Å². The Balaban J connectivity index is 1.62. The van der Waals surface area contributed by atoms with E-state index in [4.69, 9.17) is 5.73 Å². The zero-order valence-corrected chi connectivity index (χ0v) is 22.6. The summed E-state index contributed by atoms with van der Waals surface area (Å²) in [5.74, 6) is 1.17. The first-order valence-electron chi connectivity index (χ1n) is 13.7. The average molecular weight is 470 g/mol. The van der Waals surface area contributed by atoms with Crippen LogP contribution in [-0.4, -0.2) is 23.3 Å². The quantitative estimate of drug-likeness (QED) is 0.518. The molecule has 0 amide bonds. The molecule has 4 fully saturated rings. The molecule has 3 N–H and O–H groups in total. The first-order valence-corrected chi connectivity index (χ1v) is 13.7. The maximum Gasteiger partial charge on any atom is 0.184 e. The Morgan fingerprint density at radius 3 is 2.21 bits per heavy atom. The summed E-state index contributed by atoms with van der Waals surface area (Å²) in [6.07, 6.45) is 9.95. The molecular weight excluding hydrogens is 422 g/mol. The Kier molecular flexibility index (Phi) is 5.04. The third-order valence-electron chi connectivity index (χ3n) is 12.9. The molecule has 0 aliphatic heterocycles. The molecule has 0 heterocycles. The Bertz CT molecular complexity index is 964. The second kappa shape index (κ2) is 6.99. The van der Waals surface area contributed by atoms with Gasteiger partial charge in [0.1, 0.15) is 5.78 Å². The maximum atomic E-state index is 14.3. The summed E-state index contributed by atoms with van der Waals surface area (Å²) in [5, 5.41) is 10.6. The molecule has 8 atom stereocenters. The van der Waals surface area contributed by atoms with Crippen LogP contribution in [0.1, 0.15) is 99.8 Å². The van der Waals surface area contributed by atoms with Gasteiger partial charge in [-0.3, -0.25) is 9.59 Å². The molecule has 0 spiro atoms. The van der Waals surface area contributed by atoms with Crippen molar-refractivity contribution in [1.82, 2.24) is 0 Å². The highest BCUT2D eigenvalue weighted by molar-refractivity contribution is 6.00. The van der Waals surface area contributed by atoms with Crippen molar-refractivity contribution in [3.8, 4) is 0 Å². The lowest BCUT2D eigenvalue weighted by Gasteiger charge is -2.72. The van der Waals surface area contributed by atoms with Gasteiger partial charge < -0.3 is 10.8 Å². The Morgan fingerprint density at radius 2 is 1.56 bits per heavy atom. The minimum atomic E-state index is -0.498. The van der Waals surface area contributed by atoms with Crippen LogP contribution in [0.25, 0.3) is 0 Å². The minimum Gasteiger partial charge on any atom is -0.396 e. The molecule has 0 saturated heterocycles. The fourth-order valence-electron chi connectivity index (χ4n) is 10.7. The highest BCUT2D eigenvalue weighted by Gasteiger charge is 2.71. The molecule has 5 aliphatic rings. The molecule has 0 bridgehead atoms. The van der Waals surface area contributed by atoms with Gasteiger partial charge in [-0.1, -0.05) is 54.5 Å². The van der Waals surface area contributed by atoms with E-state index < -0.39 is 5.41 Å². The number of hydrogen-bond donors (Lipinski definition) is 2. The van der Waals surface area contributed by atoms with E-state index in [9.17, 15) is 14.7 Å². The smallest absolute Gasteiger partial charge is 0.184 e. The van der Waals surface area contributed by atoms with Crippen LogP contribution in [0.3, 0.4) is 0 Å². The van der Waals surface area contributed by atoms with Gasteiger partial charge in [0.2, 0.25) is 0 Å². The predicted molar refractivity (Wildman–Crippen MR) is 135 cm³/mol. The van der Waals surface area contributed by atoms with Crippen LogP contribution < -0.4 is 5.73 Å². The summed E-state index contributed by atoms with van der Waals surface area (Å²) < 4.78 is 0. The maximum absolute atomic E-state index is 14.3. The summed E-state index contributed by atoms with van der Waals surface area (Å²) in [7, 11) is 0. The van der Waals surface area contributed by atoms with Crippen LogP contribution in [0.4, 0.5) is 0 Å². The van der Waals surface area contributed by atoms with Crippen molar-refractivity contribution in [2.45, 2.75) is 99.8 Å². The highest BCUT2D eigenvalue weighted by atomic mass is 16.3. The van der Waals surface area contributed by atoms with Gasteiger partial charge in [-0.15, -0.1) is 0 Å². The Morgan fingerprint density at radius 1 is 0.912 bits per heavy atom. The lowest BCUT2D eigenvalue weighted by atomic mass is 9.32. The van der Waals surface area contributed by atoms with Gasteiger partial charge in [-0.2, -0.15) is 0 Å². The van der Waals surface area contributed by atoms with Crippen molar-refractivity contribution >= 4 is 11.6 Å². The van der Waals surface area contributed by atoms with Crippen LogP contribution in [0, 0.1) is 56.2 Å². The van der Waals surface area contributed by atoms with Crippen molar-refractivity contribution in [2.75, 3.05) is 6.61 Å². The molecule has 4 nitrogen and oxygen atoms in total. The molecule has 4 saturated carbocycles. The van der Waals surface area contributed by atoms with Gasteiger partial charge in [-0.25, -0.2) is 0 Å². The third-order valence-corrected chi connectivity index (χ3v) is 12.9. The molecule has 34 heavy (non-hydrogen) atoms. The van der Waals surface area contributed by atoms with Gasteiger partial charge in [0.25, 0.3) is 0 Å². The predicted octanol–water partition coefficient (Wildman–Crippen LogP) is 5.67. The van der Waals surface area contributed by atoms with Gasteiger partial charge in [0, 0.05) is 24.4 Å². The van der Waals surface area contributed by atoms with E-state index in [1.807, 2.05) is 0 Å². The van der Waals surface area contributed by atoms with E-state index >= 15 is 0 Å². The summed E-state index contributed by atoms with van der Waals surface area (Å²) in [6, 6.07) is 0. The summed E-state index contributed by atoms with van der Waals surface area (Å²) in [4.78, 5) is 27.3. The summed E-state index contributed by atoms with van der Waals surface area (Å²) >= 11 is 0. The fourth-order valence-corrected chi connectivity index (χ4v) is 10.7. The molecule has 0 aromatic heterocycles. The van der Waals surface area contributed by atoms with Crippen molar-refractivity contribution in [3.63, 3.8) is 0 Å². The van der Waals surface area contributed by atoms with Crippen molar-refractivity contribution in [1.29, 1.82) is 0 Å². The first kappa shape index (κ1) is 24.5. The fraction of sp³-hybridized carbons (Fsp3) is 0.867. The van der Waals surface area contributed by atoms with Crippen LogP contribution in [0.5, 0.6) is 0 Å². The molecular formula is C30H47NO3. The van der Waals surface area contributed by atoms with Crippen molar-refractivity contribution in [3.05, 3.63) is 11.8 Å². The zero-order chi connectivity index (χ0) is 25.1. The summed E-state index contributed by atoms with van der Waals surface area (Å²) in [6.45, 7) is 16.2. The largest absolute Gasteiger partial charge is 0.396 e. The average Bonchev–Trinajstić information content (AvgIpc) is 2.73. The Hall–Kier alpha value is -1.16. The number of ketones is 2. The zero-order valence-electron chi connectivity index (χ0n) is 22.6. The Labute approximate surface area is 206 Å². The van der Waals surface area contributed by atoms with E-state index in [0.29, 0.717) is 17.9 Å². The van der Waals surface area contributed by atoms with Crippen LogP contribution in [0.2, 0.25) is 0 Å². The number of aliphatic hydroxyl groups is 1. The normalized spacial score (nSPS) is 51.5. The molecule has 0 radical (unpaired) electrons. The molecule has 5 rings (SSSR count). The number of fused-ring (bicyclic) bond motifs is 7. The van der Waals surface area contributed by atoms with Crippen molar-refractivity contribution in [2.24, 2.45) is 61.9 Å². The number of carbonyl (C=O) groups is 2. The number of Topliss-reactive ketones (excluding diaryl/α,β-unsaturated/α-hetero) is 2. The highest BCUT2D eigenvalue weighted by Crippen LogP contribution is 2.75. The number of nitrogens with two attached hydrogens (primary N) is 1. The second-order valence-corrected chi connectivity index (χ2v) is 15.1. The van der Waals surface area contributed by atoms with E-state index in [2.05, 4.69) is 54.5 Å². The van der Waals surface area contributed by atoms with Gasteiger partial charge in [0.15, 0.2) is 5.78 Å². The molecule has 4 heteroatoms. The van der Waals surface area contributed by atoms with Crippen LogP contribution in [-0.2, 0) is 9.59 Å². The van der Waals surface area contributed by atoms with E-state index in [1.165, 1.54) is 0 Å². The third kappa shape index (κ3) is 2.81. The van der Waals surface area contributed by atoms with Crippen LogP contribution >= 0.6 is 0 Å². The minimum absolute atomic E-state index is 0.00722. The molecule has 5 aliphatic carbocycles. The monoisotopic (exact) mass is 469 g/mol. The SMILES string of the molecule is CC1(C)CC[C@]2(CO)CC[C@]3(C)C(C(=O)C[C@@H]4C5(C)C=C(N)C(=O)C(C)(C)[C@@H]5CCC43C)C2C1. The van der Waals surface area contributed by atoms with E-state index in [0.717, 1.165) is 44.9 Å². The molecule has 190 valence electrons. The van der Waals surface area contributed by atoms with Gasteiger partial charge in [-0.05, 0) is 89.8 Å². The second-order valence-electron chi connectivity index (χ2n) is 15.1. The lowest BCUT2D eigenvalue weighted by molar-refractivity contribution is -0.226. The molecule has 0 aromatic carbocycles. The van der Waals surface area contributed by atoms with Crippen molar-refractivity contribution < 1.29 is 14.7 Å². The number of aliphatic hydroxyl groups excluding tert-OH is 1. The first-order chi connectivity index (χ1) is 15.6. The summed E-state index contributed by atoms with van der Waals surface area (Å²) in [5.41, 5.74) is 6.04. The number of rotatable bonds is 1. The number of hydrogen-bond acceptors (Lipinski definition) is 4. The van der Waals surface area contributed by atoms with Crippen LogP contribution in [0.15, 0.2) is 11.8 Å². The topological polar surface area (TPSA) is 80.4 Å². The van der Waals surface area contributed by atoms with E-state index in [1.54, 1.807) is 0 Å². The molecule has 0 aromatic rings. The lowest BCUT2D eigenvalue weighted by Crippen LogP contribution is -2.69. The van der Waals surface area contributed by atoms with E-state index in [-0.39, 0.29) is 63.1 Å². The standard InChI is InChI=1S/C30H47NO3/c1-25(2)10-12-30(17-32)13-11-29(7)23(18(30)15-25)20(33)14-22-27(5)16-19(31)24(34)26(3,4)21(27)8-9-28(22,29)6/h16,18,21-23,32H,8-15,17,31H2,1-7H3/t18?,21-,22+,23?,27?,28?,29+,30+/m0/s1. The number of carbonyl (C=O) groups excluding carboxylic acids is 2. The van der Waals surface area contributed by atoms with Gasteiger partial charge >= 0.3 is 0 Å².